The van der Waals surface area contributed by atoms with Crippen LogP contribution in [-0.4, -0.2) is 40.3 Å². The number of aliphatic hydroxyl groups is 1. The normalized spacial score (nSPS) is 21.1. The van der Waals surface area contributed by atoms with Gasteiger partial charge in [-0.15, -0.1) is 0 Å². The number of cyclic esters (lactones) is 1. The summed E-state index contributed by atoms with van der Waals surface area (Å²) < 4.78 is 27.1. The van der Waals surface area contributed by atoms with Crippen LogP contribution in [0.15, 0.2) is 16.9 Å². The van der Waals surface area contributed by atoms with Gasteiger partial charge in [-0.1, -0.05) is 6.92 Å². The fourth-order valence-corrected chi connectivity index (χ4v) is 6.48. The molecule has 3 aliphatic rings. The molecule has 2 N–H and O–H groups in total. The fourth-order valence-electron chi connectivity index (χ4n) is 6.48. The number of esters is 1. The Morgan fingerprint density at radius 3 is 2.75 bits per heavy atom. The fraction of sp³-hybridized carbons (Fsp3) is 0.467. The van der Waals surface area contributed by atoms with E-state index in [1.807, 2.05) is 13.8 Å². The van der Waals surface area contributed by atoms with Gasteiger partial charge in [0.05, 0.1) is 47.1 Å². The molecule has 6 rings (SSSR count). The number of amides is 1. The molecule has 0 bridgehead atoms. The van der Waals surface area contributed by atoms with Crippen molar-refractivity contribution in [1.29, 1.82) is 0 Å². The highest BCUT2D eigenvalue weighted by Gasteiger charge is 2.46. The number of hydrogen-bond acceptors (Lipinski definition) is 7. The van der Waals surface area contributed by atoms with E-state index in [1.54, 1.807) is 31.6 Å². The van der Waals surface area contributed by atoms with E-state index in [4.69, 9.17) is 14.5 Å². The first-order chi connectivity index (χ1) is 18.9. The van der Waals surface area contributed by atoms with Gasteiger partial charge in [0.1, 0.15) is 12.4 Å². The Labute approximate surface area is 230 Å². The molecule has 10 heteroatoms. The van der Waals surface area contributed by atoms with Crippen LogP contribution in [0.5, 0.6) is 0 Å². The van der Waals surface area contributed by atoms with Gasteiger partial charge in [0.25, 0.3) is 5.56 Å². The molecule has 1 amide bonds. The summed E-state index contributed by atoms with van der Waals surface area (Å²) in [4.78, 5) is 44.5. The summed E-state index contributed by atoms with van der Waals surface area (Å²) in [5.41, 5.74) is 1.69. The predicted octanol–water partition coefficient (Wildman–Crippen LogP) is 3.30. The number of pyridine rings is 2. The molecule has 2 unspecified atom stereocenters. The Morgan fingerprint density at radius 1 is 1.30 bits per heavy atom. The molecule has 2 atom stereocenters. The number of hydrogen-bond donors (Lipinski definition) is 2. The topological polar surface area (TPSA) is 120 Å². The van der Waals surface area contributed by atoms with E-state index in [2.05, 4.69) is 5.32 Å². The average Bonchev–Trinajstić information content (AvgIpc) is 3.28. The molecule has 0 saturated carbocycles. The smallest absolute Gasteiger partial charge is 0.343 e. The Balaban J connectivity index is 1.60. The number of aryl methyl sites for hydroxylation is 1. The van der Waals surface area contributed by atoms with Crippen LogP contribution >= 0.6 is 0 Å². The molecule has 2 aromatic heterocycles. The van der Waals surface area contributed by atoms with Gasteiger partial charge in [-0.25, -0.2) is 14.2 Å². The monoisotopic (exact) mass is 549 g/mol. The predicted molar refractivity (Wildman–Crippen MR) is 144 cm³/mol. The minimum atomic E-state index is -1.95. The number of carbonyl (C=O) groups is 2. The summed E-state index contributed by atoms with van der Waals surface area (Å²) >= 11 is 0. The molecular weight excluding hydrogens is 517 g/mol. The minimum absolute atomic E-state index is 0.0319. The summed E-state index contributed by atoms with van der Waals surface area (Å²) in [7, 11) is 1.55. The summed E-state index contributed by atoms with van der Waals surface area (Å²) in [6.45, 7) is 7.23. The highest BCUT2D eigenvalue weighted by atomic mass is 19.1. The summed E-state index contributed by atoms with van der Waals surface area (Å²) in [6.07, 6.45) is 1.15. The summed E-state index contributed by atoms with van der Waals surface area (Å²) in [5.74, 6) is -1.34. The zero-order chi connectivity index (χ0) is 28.7. The maximum atomic E-state index is 15.1. The standard InChI is InChI=1S/C30H32FN3O6/c1-6-30(38)18-9-22-25-16(11-34(22)26(35)17(18)12-40-28(30)37)24-20(33-27(36)29(3,4)13-39-5)8-7-15-14(2)19(31)10-21(32-25)23(15)24/h9-10,20,38H,6-8,11-13H2,1-5H3,(H,33,36). The lowest BCUT2D eigenvalue weighted by molar-refractivity contribution is -0.172. The van der Waals surface area contributed by atoms with Crippen LogP contribution in [0.25, 0.3) is 22.3 Å². The van der Waals surface area contributed by atoms with Crippen molar-refractivity contribution >= 4 is 22.8 Å². The molecule has 0 fully saturated rings. The van der Waals surface area contributed by atoms with Crippen molar-refractivity contribution in [2.45, 2.75) is 71.8 Å². The van der Waals surface area contributed by atoms with Gasteiger partial charge in [-0.3, -0.25) is 9.59 Å². The number of fused-ring (bicyclic) bond motifs is 5. The molecule has 1 aromatic carbocycles. The van der Waals surface area contributed by atoms with Crippen molar-refractivity contribution in [2.75, 3.05) is 13.7 Å². The van der Waals surface area contributed by atoms with Gasteiger partial charge < -0.3 is 24.5 Å². The quantitative estimate of drug-likeness (QED) is 0.367. The number of benzene rings is 1. The first-order valence-electron chi connectivity index (χ1n) is 13.5. The van der Waals surface area contributed by atoms with Gasteiger partial charge in [0.15, 0.2) is 5.60 Å². The lowest BCUT2D eigenvalue weighted by atomic mass is 9.81. The van der Waals surface area contributed by atoms with Crippen LogP contribution in [0, 0.1) is 18.2 Å². The third-order valence-corrected chi connectivity index (χ3v) is 8.80. The number of nitrogens with one attached hydrogen (secondary N) is 1. The molecule has 0 radical (unpaired) electrons. The summed E-state index contributed by atoms with van der Waals surface area (Å²) in [6, 6.07) is 2.65. The van der Waals surface area contributed by atoms with E-state index in [0.717, 1.165) is 22.1 Å². The van der Waals surface area contributed by atoms with E-state index >= 15 is 4.39 Å². The second-order valence-corrected chi connectivity index (χ2v) is 11.7. The third kappa shape index (κ3) is 3.58. The molecule has 1 aliphatic carbocycles. The lowest BCUT2D eigenvalue weighted by Gasteiger charge is -2.32. The molecule has 9 nitrogen and oxygen atoms in total. The van der Waals surface area contributed by atoms with Crippen molar-refractivity contribution in [3.63, 3.8) is 0 Å². The van der Waals surface area contributed by atoms with Gasteiger partial charge in [0.2, 0.25) is 5.91 Å². The van der Waals surface area contributed by atoms with Crippen molar-refractivity contribution < 1.29 is 28.6 Å². The van der Waals surface area contributed by atoms with Crippen molar-refractivity contribution in [3.05, 3.63) is 61.7 Å². The number of halogens is 1. The second kappa shape index (κ2) is 8.94. The molecule has 2 aliphatic heterocycles. The number of carbonyl (C=O) groups excluding carboxylic acids is 2. The van der Waals surface area contributed by atoms with Crippen molar-refractivity contribution in [2.24, 2.45) is 5.41 Å². The number of nitrogens with zero attached hydrogens (tertiary/aromatic N) is 2. The maximum absolute atomic E-state index is 15.1. The van der Waals surface area contributed by atoms with E-state index < -0.39 is 23.0 Å². The Bertz CT molecular complexity index is 1690. The highest BCUT2D eigenvalue weighted by molar-refractivity contribution is 5.94. The van der Waals surface area contributed by atoms with Crippen LogP contribution < -0.4 is 10.9 Å². The van der Waals surface area contributed by atoms with Gasteiger partial charge in [-0.05, 0) is 62.8 Å². The second-order valence-electron chi connectivity index (χ2n) is 11.7. The number of rotatable bonds is 5. The first-order valence-corrected chi connectivity index (χ1v) is 13.5. The van der Waals surface area contributed by atoms with Gasteiger partial charge >= 0.3 is 5.97 Å². The molecule has 210 valence electrons. The molecule has 3 aromatic rings. The lowest BCUT2D eigenvalue weighted by Crippen LogP contribution is -2.44. The minimum Gasteiger partial charge on any atom is -0.458 e. The van der Waals surface area contributed by atoms with Crippen LogP contribution in [0.1, 0.15) is 73.0 Å². The van der Waals surface area contributed by atoms with E-state index in [-0.39, 0.29) is 54.6 Å². The number of methoxy groups -OCH3 is 1. The average molecular weight is 550 g/mol. The maximum Gasteiger partial charge on any atom is 0.343 e. The van der Waals surface area contributed by atoms with E-state index in [1.165, 1.54) is 6.07 Å². The third-order valence-electron chi connectivity index (χ3n) is 8.80. The molecule has 0 spiro atoms. The van der Waals surface area contributed by atoms with Crippen LogP contribution in [0.4, 0.5) is 4.39 Å². The van der Waals surface area contributed by atoms with Crippen molar-refractivity contribution in [3.8, 4) is 11.4 Å². The Kier molecular flexibility index (Phi) is 5.94. The molecule has 0 saturated heterocycles. The zero-order valence-electron chi connectivity index (χ0n) is 23.2. The molecule has 4 heterocycles. The van der Waals surface area contributed by atoms with E-state index in [0.29, 0.717) is 35.3 Å². The van der Waals surface area contributed by atoms with Crippen LogP contribution in [-0.2, 0) is 44.2 Å². The zero-order valence-corrected chi connectivity index (χ0v) is 23.2. The SMILES string of the molecule is CCC1(O)C(=O)OCc2c1cc1n(c2=O)Cc2c-1nc1cc(F)c(C)c3c1c2C(NC(=O)C(C)(C)COC)CC3. The Morgan fingerprint density at radius 2 is 2.05 bits per heavy atom. The molecule has 40 heavy (non-hydrogen) atoms. The Hall–Kier alpha value is -3.63. The van der Waals surface area contributed by atoms with Crippen LogP contribution in [0.2, 0.25) is 0 Å². The van der Waals surface area contributed by atoms with Gasteiger partial charge in [-0.2, -0.15) is 0 Å². The highest BCUT2D eigenvalue weighted by Crippen LogP contribution is 2.46. The molecular formula is C30H32FN3O6. The summed E-state index contributed by atoms with van der Waals surface area (Å²) in [5, 5.41) is 15.2. The van der Waals surface area contributed by atoms with Gasteiger partial charge in [0, 0.05) is 29.7 Å². The van der Waals surface area contributed by atoms with Crippen LogP contribution in [0.3, 0.4) is 0 Å². The van der Waals surface area contributed by atoms with E-state index in [9.17, 15) is 19.5 Å². The number of ether oxygens (including phenoxy) is 2. The largest absolute Gasteiger partial charge is 0.458 e. The first kappa shape index (κ1) is 26.6. The number of aromatic nitrogens is 2. The van der Waals surface area contributed by atoms with Crippen molar-refractivity contribution in [1.82, 2.24) is 14.9 Å².